The van der Waals surface area contributed by atoms with Crippen LogP contribution in [-0.2, 0) is 11.8 Å². The molecule has 2 N–H and O–H groups in total. The summed E-state index contributed by atoms with van der Waals surface area (Å²) in [5.74, 6) is 0.627. The summed E-state index contributed by atoms with van der Waals surface area (Å²) in [7, 11) is 3.68. The van der Waals surface area contributed by atoms with Gasteiger partial charge in [0, 0.05) is 32.4 Å². The maximum atomic E-state index is 12.3. The Morgan fingerprint density at radius 2 is 2.21 bits per heavy atom. The van der Waals surface area contributed by atoms with Gasteiger partial charge < -0.3 is 10.6 Å². The van der Waals surface area contributed by atoms with E-state index in [0.29, 0.717) is 5.92 Å². The maximum absolute atomic E-state index is 12.3. The molecule has 1 saturated carbocycles. The Balaban J connectivity index is 1.90. The molecule has 1 amide bonds. The first-order valence-electron chi connectivity index (χ1n) is 7.07. The molecule has 1 fully saturated rings. The van der Waals surface area contributed by atoms with Crippen LogP contribution in [0.2, 0.25) is 0 Å². The van der Waals surface area contributed by atoms with Gasteiger partial charge in [0.1, 0.15) is 6.04 Å². The smallest absolute Gasteiger partial charge is 0.243 e. The highest BCUT2D eigenvalue weighted by atomic mass is 16.2. The number of likely N-dealkylation sites (N-methyl/N-ethyl adjacent to an activating group) is 1. The van der Waals surface area contributed by atoms with Crippen LogP contribution in [0.4, 0.5) is 0 Å². The predicted molar refractivity (Wildman–Crippen MR) is 74.3 cm³/mol. The molecule has 0 bridgehead atoms. The van der Waals surface area contributed by atoms with Crippen molar-refractivity contribution in [1.29, 1.82) is 0 Å². The van der Waals surface area contributed by atoms with Gasteiger partial charge in [-0.15, -0.1) is 0 Å². The topological polar surface area (TPSA) is 64.2 Å². The van der Waals surface area contributed by atoms with Crippen LogP contribution in [0.5, 0.6) is 0 Å². The second-order valence-corrected chi connectivity index (χ2v) is 5.65. The van der Waals surface area contributed by atoms with E-state index in [9.17, 15) is 4.79 Å². The maximum Gasteiger partial charge on any atom is 0.243 e. The molecule has 0 saturated heterocycles. The minimum Gasteiger partial charge on any atom is -0.344 e. The van der Waals surface area contributed by atoms with Gasteiger partial charge in [-0.1, -0.05) is 19.3 Å². The third-order valence-corrected chi connectivity index (χ3v) is 3.98. The second-order valence-electron chi connectivity index (χ2n) is 5.65. The third-order valence-electron chi connectivity index (χ3n) is 3.98. The van der Waals surface area contributed by atoms with Crippen molar-refractivity contribution in [2.24, 2.45) is 18.7 Å². The van der Waals surface area contributed by atoms with E-state index in [1.807, 2.05) is 14.1 Å². The third kappa shape index (κ3) is 3.56. The van der Waals surface area contributed by atoms with E-state index in [2.05, 4.69) is 5.10 Å². The SMILES string of the molecule is CN(CC1CCCCC1)C(=O)C(N)c1cnn(C)c1. The van der Waals surface area contributed by atoms with Gasteiger partial charge in [-0.3, -0.25) is 9.48 Å². The number of hydrogen-bond donors (Lipinski definition) is 1. The summed E-state index contributed by atoms with van der Waals surface area (Å²) in [6.07, 6.45) is 9.86. The average molecular weight is 264 g/mol. The Labute approximate surface area is 114 Å². The molecule has 5 heteroatoms. The highest BCUT2D eigenvalue weighted by Crippen LogP contribution is 2.24. The molecule has 1 aliphatic rings. The van der Waals surface area contributed by atoms with E-state index in [-0.39, 0.29) is 5.91 Å². The normalized spacial score (nSPS) is 18.3. The van der Waals surface area contributed by atoms with E-state index in [0.717, 1.165) is 12.1 Å². The number of nitrogens with zero attached hydrogens (tertiary/aromatic N) is 3. The molecule has 1 unspecified atom stereocenters. The highest BCUT2D eigenvalue weighted by molar-refractivity contribution is 5.82. The monoisotopic (exact) mass is 264 g/mol. The number of rotatable bonds is 4. The summed E-state index contributed by atoms with van der Waals surface area (Å²) in [5, 5.41) is 4.06. The van der Waals surface area contributed by atoms with Crippen LogP contribution in [0.3, 0.4) is 0 Å². The molecule has 1 aromatic heterocycles. The Morgan fingerprint density at radius 3 is 2.79 bits per heavy atom. The van der Waals surface area contributed by atoms with Gasteiger partial charge in [0.15, 0.2) is 0 Å². The van der Waals surface area contributed by atoms with E-state index in [4.69, 9.17) is 5.73 Å². The molecule has 19 heavy (non-hydrogen) atoms. The van der Waals surface area contributed by atoms with Crippen molar-refractivity contribution in [3.63, 3.8) is 0 Å². The molecule has 0 radical (unpaired) electrons. The van der Waals surface area contributed by atoms with E-state index in [1.165, 1.54) is 32.1 Å². The molecular formula is C14H24N4O. The molecule has 1 atom stereocenters. The van der Waals surface area contributed by atoms with Gasteiger partial charge in [-0.25, -0.2) is 0 Å². The zero-order valence-corrected chi connectivity index (χ0v) is 11.9. The lowest BCUT2D eigenvalue weighted by atomic mass is 9.89. The molecule has 5 nitrogen and oxygen atoms in total. The fourth-order valence-corrected chi connectivity index (χ4v) is 2.83. The lowest BCUT2D eigenvalue weighted by molar-refractivity contribution is -0.132. The number of hydrogen-bond acceptors (Lipinski definition) is 3. The van der Waals surface area contributed by atoms with Gasteiger partial charge >= 0.3 is 0 Å². The molecular weight excluding hydrogens is 240 g/mol. The number of amides is 1. The number of aromatic nitrogens is 2. The molecule has 2 rings (SSSR count). The Kier molecular flexibility index (Phi) is 4.58. The van der Waals surface area contributed by atoms with Crippen LogP contribution in [0.25, 0.3) is 0 Å². The van der Waals surface area contributed by atoms with Crippen molar-refractivity contribution in [3.05, 3.63) is 18.0 Å². The molecule has 1 aromatic rings. The first kappa shape index (κ1) is 14.1. The van der Waals surface area contributed by atoms with Crippen molar-refractivity contribution >= 4 is 5.91 Å². The number of carbonyl (C=O) groups is 1. The Morgan fingerprint density at radius 1 is 1.53 bits per heavy atom. The lowest BCUT2D eigenvalue weighted by Crippen LogP contribution is -2.38. The first-order valence-corrected chi connectivity index (χ1v) is 7.07. The largest absolute Gasteiger partial charge is 0.344 e. The summed E-state index contributed by atoms with van der Waals surface area (Å²) in [4.78, 5) is 14.1. The van der Waals surface area contributed by atoms with E-state index < -0.39 is 6.04 Å². The van der Waals surface area contributed by atoms with E-state index in [1.54, 1.807) is 22.0 Å². The van der Waals surface area contributed by atoms with Gasteiger partial charge in [0.05, 0.1) is 6.20 Å². The fraction of sp³-hybridized carbons (Fsp3) is 0.714. The van der Waals surface area contributed by atoms with E-state index >= 15 is 0 Å². The number of aryl methyl sites for hydroxylation is 1. The summed E-state index contributed by atoms with van der Waals surface area (Å²) in [6, 6.07) is -0.595. The predicted octanol–water partition coefficient (Wildman–Crippen LogP) is 1.46. The highest BCUT2D eigenvalue weighted by Gasteiger charge is 2.24. The van der Waals surface area contributed by atoms with Gasteiger partial charge in [-0.05, 0) is 18.8 Å². The van der Waals surface area contributed by atoms with Gasteiger partial charge in [0.25, 0.3) is 0 Å². The van der Waals surface area contributed by atoms with Crippen LogP contribution >= 0.6 is 0 Å². The quantitative estimate of drug-likeness (QED) is 0.895. The summed E-state index contributed by atoms with van der Waals surface area (Å²) < 4.78 is 1.67. The zero-order chi connectivity index (χ0) is 13.8. The number of nitrogens with two attached hydrogens (primary N) is 1. The summed E-state index contributed by atoms with van der Waals surface area (Å²) in [5.41, 5.74) is 6.79. The van der Waals surface area contributed by atoms with Crippen molar-refractivity contribution in [2.45, 2.75) is 38.1 Å². The molecule has 1 aliphatic carbocycles. The van der Waals surface area contributed by atoms with Crippen LogP contribution in [0.1, 0.15) is 43.7 Å². The number of carbonyl (C=O) groups excluding carboxylic acids is 1. The van der Waals surface area contributed by atoms with Crippen molar-refractivity contribution in [2.75, 3.05) is 13.6 Å². The van der Waals surface area contributed by atoms with Gasteiger partial charge in [0.2, 0.25) is 5.91 Å². The van der Waals surface area contributed by atoms with Crippen molar-refractivity contribution < 1.29 is 4.79 Å². The van der Waals surface area contributed by atoms with Gasteiger partial charge in [-0.2, -0.15) is 5.10 Å². The molecule has 0 spiro atoms. The van der Waals surface area contributed by atoms with Crippen LogP contribution in [-0.4, -0.2) is 34.2 Å². The minimum absolute atomic E-state index is 0.0152. The molecule has 106 valence electrons. The second kappa shape index (κ2) is 6.19. The Bertz CT molecular complexity index is 423. The first-order chi connectivity index (χ1) is 9.08. The Hall–Kier alpha value is -1.36. The van der Waals surface area contributed by atoms with Crippen LogP contribution in [0.15, 0.2) is 12.4 Å². The minimum atomic E-state index is -0.595. The standard InChI is InChI=1S/C14H24N4O/c1-17(9-11-6-4-3-5-7-11)14(19)13(15)12-8-16-18(2)10-12/h8,10-11,13H,3-7,9,15H2,1-2H3. The lowest BCUT2D eigenvalue weighted by Gasteiger charge is -2.28. The molecule has 0 aliphatic heterocycles. The van der Waals surface area contributed by atoms with Crippen LogP contribution in [0, 0.1) is 5.92 Å². The zero-order valence-electron chi connectivity index (χ0n) is 11.9. The summed E-state index contributed by atoms with van der Waals surface area (Å²) >= 11 is 0. The van der Waals surface area contributed by atoms with Crippen molar-refractivity contribution in [3.8, 4) is 0 Å². The van der Waals surface area contributed by atoms with Crippen molar-refractivity contribution in [1.82, 2.24) is 14.7 Å². The average Bonchev–Trinajstić information content (AvgIpc) is 2.85. The molecule has 1 heterocycles. The molecule has 0 aromatic carbocycles. The fourth-order valence-electron chi connectivity index (χ4n) is 2.83. The van der Waals surface area contributed by atoms with Crippen LogP contribution < -0.4 is 5.73 Å². The summed E-state index contributed by atoms with van der Waals surface area (Å²) in [6.45, 7) is 0.826.